The standard InChI is InChI=1S/C15H19N3O2S/c1-10-8-11-4-2-7-14(15(11)17-9-10)21(19,20)18-13-6-3-5-12(13)16/h2,4,7-9,12-13,18H,3,5-6,16H2,1H3. The largest absolute Gasteiger partial charge is 0.326 e. The minimum atomic E-state index is -3.61. The van der Waals surface area contributed by atoms with Crippen molar-refractivity contribution in [3.05, 3.63) is 36.0 Å². The van der Waals surface area contributed by atoms with Crippen LogP contribution in [0.2, 0.25) is 0 Å². The van der Waals surface area contributed by atoms with E-state index in [0.29, 0.717) is 5.52 Å². The summed E-state index contributed by atoms with van der Waals surface area (Å²) >= 11 is 0. The Morgan fingerprint density at radius 3 is 2.86 bits per heavy atom. The number of fused-ring (bicyclic) bond motifs is 1. The molecule has 2 aromatic rings. The predicted octanol–water partition coefficient (Wildman–Crippen LogP) is 1.70. The van der Waals surface area contributed by atoms with Gasteiger partial charge in [-0.1, -0.05) is 18.6 Å². The zero-order valence-electron chi connectivity index (χ0n) is 11.9. The van der Waals surface area contributed by atoms with Gasteiger partial charge in [0.05, 0.1) is 5.52 Å². The van der Waals surface area contributed by atoms with Crippen LogP contribution in [0, 0.1) is 6.92 Å². The van der Waals surface area contributed by atoms with Crippen molar-refractivity contribution in [2.75, 3.05) is 0 Å². The SMILES string of the molecule is Cc1cnc2c(S(=O)(=O)NC3CCCC3N)cccc2c1. The molecule has 2 atom stereocenters. The maximum absolute atomic E-state index is 12.6. The molecule has 0 bridgehead atoms. The molecule has 112 valence electrons. The quantitative estimate of drug-likeness (QED) is 0.904. The molecule has 1 heterocycles. The fourth-order valence-electron chi connectivity index (χ4n) is 2.86. The summed E-state index contributed by atoms with van der Waals surface area (Å²) in [6.07, 6.45) is 4.29. The molecule has 2 unspecified atom stereocenters. The van der Waals surface area contributed by atoms with Crippen molar-refractivity contribution in [2.24, 2.45) is 5.73 Å². The van der Waals surface area contributed by atoms with E-state index >= 15 is 0 Å². The van der Waals surface area contributed by atoms with Gasteiger partial charge >= 0.3 is 0 Å². The molecule has 1 aliphatic carbocycles. The van der Waals surface area contributed by atoms with Gasteiger partial charge in [0, 0.05) is 23.7 Å². The van der Waals surface area contributed by atoms with Gasteiger partial charge in [-0.05, 0) is 37.5 Å². The number of sulfonamides is 1. The van der Waals surface area contributed by atoms with Crippen molar-refractivity contribution in [3.8, 4) is 0 Å². The maximum Gasteiger partial charge on any atom is 0.243 e. The third-order valence-corrected chi connectivity index (χ3v) is 5.50. The fourth-order valence-corrected chi connectivity index (χ4v) is 4.36. The summed E-state index contributed by atoms with van der Waals surface area (Å²) in [6.45, 7) is 1.93. The molecule has 1 aromatic heterocycles. The highest BCUT2D eigenvalue weighted by molar-refractivity contribution is 7.89. The van der Waals surface area contributed by atoms with Gasteiger partial charge in [-0.2, -0.15) is 0 Å². The van der Waals surface area contributed by atoms with Crippen LogP contribution in [0.5, 0.6) is 0 Å². The molecule has 6 heteroatoms. The highest BCUT2D eigenvalue weighted by Crippen LogP contribution is 2.24. The summed E-state index contributed by atoms with van der Waals surface area (Å²) < 4.78 is 28.0. The lowest BCUT2D eigenvalue weighted by Gasteiger charge is -2.18. The number of pyridine rings is 1. The van der Waals surface area contributed by atoms with Gasteiger partial charge in [0.25, 0.3) is 0 Å². The molecule has 1 fully saturated rings. The van der Waals surface area contributed by atoms with E-state index in [1.165, 1.54) is 0 Å². The van der Waals surface area contributed by atoms with E-state index in [4.69, 9.17) is 5.73 Å². The monoisotopic (exact) mass is 305 g/mol. The van der Waals surface area contributed by atoms with Crippen molar-refractivity contribution in [2.45, 2.75) is 43.2 Å². The molecule has 21 heavy (non-hydrogen) atoms. The second-order valence-electron chi connectivity index (χ2n) is 5.66. The first-order chi connectivity index (χ1) is 9.97. The van der Waals surface area contributed by atoms with Crippen LogP contribution in [0.4, 0.5) is 0 Å². The number of nitrogens with zero attached hydrogens (tertiary/aromatic N) is 1. The van der Waals surface area contributed by atoms with Gasteiger partial charge < -0.3 is 5.73 Å². The smallest absolute Gasteiger partial charge is 0.243 e. The van der Waals surface area contributed by atoms with Crippen LogP contribution < -0.4 is 10.5 Å². The summed E-state index contributed by atoms with van der Waals surface area (Å²) in [5.41, 5.74) is 7.46. The zero-order chi connectivity index (χ0) is 15.0. The topological polar surface area (TPSA) is 85.1 Å². The molecule has 3 N–H and O–H groups in total. The van der Waals surface area contributed by atoms with E-state index in [0.717, 1.165) is 30.2 Å². The first-order valence-electron chi connectivity index (χ1n) is 7.11. The number of nitrogens with one attached hydrogen (secondary N) is 1. The third kappa shape index (κ3) is 2.79. The minimum Gasteiger partial charge on any atom is -0.326 e. The lowest BCUT2D eigenvalue weighted by Crippen LogP contribution is -2.43. The third-order valence-electron chi connectivity index (χ3n) is 3.98. The predicted molar refractivity (Wildman–Crippen MR) is 82.4 cm³/mol. The number of aromatic nitrogens is 1. The Hall–Kier alpha value is -1.50. The van der Waals surface area contributed by atoms with Crippen molar-refractivity contribution < 1.29 is 8.42 Å². The van der Waals surface area contributed by atoms with Gasteiger partial charge in [0.1, 0.15) is 4.90 Å². The van der Waals surface area contributed by atoms with Crippen molar-refractivity contribution >= 4 is 20.9 Å². The van der Waals surface area contributed by atoms with E-state index in [1.807, 2.05) is 19.1 Å². The van der Waals surface area contributed by atoms with Gasteiger partial charge in [-0.3, -0.25) is 4.98 Å². The van der Waals surface area contributed by atoms with Crippen LogP contribution in [0.15, 0.2) is 35.4 Å². The molecular weight excluding hydrogens is 286 g/mol. The Bertz CT molecular complexity index is 774. The molecule has 3 rings (SSSR count). The highest BCUT2D eigenvalue weighted by Gasteiger charge is 2.29. The molecule has 0 aliphatic heterocycles. The molecule has 0 amide bonds. The Morgan fingerprint density at radius 1 is 1.33 bits per heavy atom. The molecule has 1 saturated carbocycles. The zero-order valence-corrected chi connectivity index (χ0v) is 12.7. The summed E-state index contributed by atoms with van der Waals surface area (Å²) in [5.74, 6) is 0. The maximum atomic E-state index is 12.6. The van der Waals surface area contributed by atoms with E-state index in [1.54, 1.807) is 18.3 Å². The van der Waals surface area contributed by atoms with Crippen molar-refractivity contribution in [1.82, 2.24) is 9.71 Å². The Labute approximate surface area is 124 Å². The Kier molecular flexibility index (Phi) is 3.69. The van der Waals surface area contributed by atoms with Crippen LogP contribution in [0.3, 0.4) is 0 Å². The van der Waals surface area contributed by atoms with Crippen LogP contribution in [0.1, 0.15) is 24.8 Å². The normalized spacial score (nSPS) is 22.8. The van der Waals surface area contributed by atoms with Crippen LogP contribution >= 0.6 is 0 Å². The van der Waals surface area contributed by atoms with Gasteiger partial charge in [-0.15, -0.1) is 0 Å². The second-order valence-corrected chi connectivity index (χ2v) is 7.35. The number of para-hydroxylation sites is 1. The van der Waals surface area contributed by atoms with Crippen LogP contribution in [-0.2, 0) is 10.0 Å². The first kappa shape index (κ1) is 14.4. The van der Waals surface area contributed by atoms with Gasteiger partial charge in [0.15, 0.2) is 0 Å². The number of rotatable bonds is 3. The van der Waals surface area contributed by atoms with E-state index < -0.39 is 10.0 Å². The van der Waals surface area contributed by atoms with Crippen molar-refractivity contribution in [1.29, 1.82) is 0 Å². The van der Waals surface area contributed by atoms with Gasteiger partial charge in [-0.25, -0.2) is 13.1 Å². The minimum absolute atomic E-state index is 0.107. The Morgan fingerprint density at radius 2 is 2.14 bits per heavy atom. The van der Waals surface area contributed by atoms with Crippen LogP contribution in [-0.4, -0.2) is 25.5 Å². The van der Waals surface area contributed by atoms with Crippen molar-refractivity contribution in [3.63, 3.8) is 0 Å². The lowest BCUT2D eigenvalue weighted by molar-refractivity contribution is 0.523. The highest BCUT2D eigenvalue weighted by atomic mass is 32.2. The number of nitrogens with two attached hydrogens (primary N) is 1. The van der Waals surface area contributed by atoms with E-state index in [9.17, 15) is 8.42 Å². The summed E-state index contributed by atoms with van der Waals surface area (Å²) in [7, 11) is -3.61. The molecule has 0 saturated heterocycles. The Balaban J connectivity index is 2.02. The molecule has 0 spiro atoms. The number of benzene rings is 1. The molecule has 0 radical (unpaired) electrons. The van der Waals surface area contributed by atoms with Gasteiger partial charge in [0.2, 0.25) is 10.0 Å². The molecular formula is C15H19N3O2S. The lowest BCUT2D eigenvalue weighted by atomic mass is 10.2. The number of hydrogen-bond donors (Lipinski definition) is 2. The fraction of sp³-hybridized carbons (Fsp3) is 0.400. The number of hydrogen-bond acceptors (Lipinski definition) is 4. The summed E-state index contributed by atoms with van der Waals surface area (Å²) in [4.78, 5) is 4.51. The van der Waals surface area contributed by atoms with E-state index in [2.05, 4.69) is 9.71 Å². The number of aryl methyl sites for hydroxylation is 1. The summed E-state index contributed by atoms with van der Waals surface area (Å²) in [5, 5.41) is 0.827. The first-order valence-corrected chi connectivity index (χ1v) is 8.59. The summed E-state index contributed by atoms with van der Waals surface area (Å²) in [6, 6.07) is 6.85. The average molecular weight is 305 g/mol. The molecule has 5 nitrogen and oxygen atoms in total. The second kappa shape index (κ2) is 5.36. The molecule has 1 aliphatic rings. The molecule has 1 aromatic carbocycles. The van der Waals surface area contributed by atoms with Crippen LogP contribution in [0.25, 0.3) is 10.9 Å². The average Bonchev–Trinajstić information content (AvgIpc) is 2.82. The van der Waals surface area contributed by atoms with E-state index in [-0.39, 0.29) is 17.0 Å².